The minimum atomic E-state index is -0.192. The molecule has 0 aliphatic carbocycles. The van der Waals surface area contributed by atoms with Gasteiger partial charge in [0.05, 0.1) is 19.0 Å². The fraction of sp³-hybridized carbons (Fsp3) is 0.333. The highest BCUT2D eigenvalue weighted by Crippen LogP contribution is 2.15. The second-order valence-corrected chi connectivity index (χ2v) is 5.70. The number of carbonyl (C=O) groups excluding carboxylic acids is 1. The molecule has 1 amide bonds. The maximum Gasteiger partial charge on any atom is 0.255 e. The Kier molecular flexibility index (Phi) is 6.57. The molecule has 0 atom stereocenters. The lowest BCUT2D eigenvalue weighted by Crippen LogP contribution is -2.16. The number of benzene rings is 1. The molecular weight excluding hydrogens is 304 g/mol. The van der Waals surface area contributed by atoms with Crippen molar-refractivity contribution in [1.29, 1.82) is 0 Å². The van der Waals surface area contributed by atoms with Crippen LogP contribution >= 0.6 is 0 Å². The van der Waals surface area contributed by atoms with E-state index in [2.05, 4.69) is 34.6 Å². The first-order valence-corrected chi connectivity index (χ1v) is 7.88. The number of ether oxygens (including phenoxy) is 1. The Bertz CT molecular complexity index is 656. The van der Waals surface area contributed by atoms with E-state index in [9.17, 15) is 4.79 Å². The molecule has 0 aliphatic rings. The van der Waals surface area contributed by atoms with Crippen LogP contribution in [0.25, 0.3) is 0 Å². The third-order valence-electron chi connectivity index (χ3n) is 3.44. The summed E-state index contributed by atoms with van der Waals surface area (Å²) >= 11 is 0. The zero-order valence-corrected chi connectivity index (χ0v) is 14.4. The molecule has 2 aromatic rings. The van der Waals surface area contributed by atoms with Gasteiger partial charge in [0.25, 0.3) is 5.91 Å². The monoisotopic (exact) mass is 328 g/mol. The van der Waals surface area contributed by atoms with Crippen LogP contribution in [0, 0.1) is 0 Å². The molecule has 24 heavy (non-hydrogen) atoms. The van der Waals surface area contributed by atoms with E-state index in [4.69, 9.17) is 4.74 Å². The Morgan fingerprint density at radius 3 is 2.75 bits per heavy atom. The van der Waals surface area contributed by atoms with Crippen LogP contribution in [0.2, 0.25) is 0 Å². The van der Waals surface area contributed by atoms with Gasteiger partial charge in [-0.2, -0.15) is 0 Å². The number of amides is 1. The maximum absolute atomic E-state index is 12.2. The average Bonchev–Trinajstić information content (AvgIpc) is 2.60. The van der Waals surface area contributed by atoms with Gasteiger partial charge in [-0.25, -0.2) is 4.98 Å². The van der Waals surface area contributed by atoms with Crippen molar-refractivity contribution >= 4 is 17.4 Å². The second-order valence-electron chi connectivity index (χ2n) is 5.70. The highest BCUT2D eigenvalue weighted by molar-refractivity contribution is 6.04. The number of rotatable bonds is 8. The van der Waals surface area contributed by atoms with Gasteiger partial charge in [0, 0.05) is 12.1 Å². The standard InChI is InChI=1S/C18H24N4O2/c1-22(2)11-5-10-19-17-9-8-15(13-20-17)21-18(23)14-6-4-7-16(12-14)24-3/h4,6-9,12-13H,5,10-11H2,1-3H3,(H,19,20)(H,21,23). The van der Waals surface area contributed by atoms with Gasteiger partial charge in [0.2, 0.25) is 0 Å². The molecule has 1 aromatic carbocycles. The van der Waals surface area contributed by atoms with Crippen LogP contribution in [0.5, 0.6) is 5.75 Å². The minimum absolute atomic E-state index is 0.192. The summed E-state index contributed by atoms with van der Waals surface area (Å²) in [5, 5.41) is 6.09. The molecule has 2 N–H and O–H groups in total. The lowest BCUT2D eigenvalue weighted by Gasteiger charge is -2.11. The summed E-state index contributed by atoms with van der Waals surface area (Å²) < 4.78 is 5.13. The highest BCUT2D eigenvalue weighted by Gasteiger charge is 2.07. The van der Waals surface area contributed by atoms with Crippen LogP contribution in [-0.4, -0.2) is 50.1 Å². The van der Waals surface area contributed by atoms with Gasteiger partial charge >= 0.3 is 0 Å². The van der Waals surface area contributed by atoms with Crippen LogP contribution < -0.4 is 15.4 Å². The van der Waals surface area contributed by atoms with Crippen molar-refractivity contribution in [2.75, 3.05) is 44.9 Å². The van der Waals surface area contributed by atoms with E-state index >= 15 is 0 Å². The lowest BCUT2D eigenvalue weighted by molar-refractivity contribution is 0.102. The molecule has 0 saturated carbocycles. The van der Waals surface area contributed by atoms with Crippen molar-refractivity contribution in [3.05, 3.63) is 48.2 Å². The number of carbonyl (C=O) groups is 1. The van der Waals surface area contributed by atoms with E-state index in [1.165, 1.54) is 0 Å². The van der Waals surface area contributed by atoms with Crippen LogP contribution in [0.15, 0.2) is 42.6 Å². The van der Waals surface area contributed by atoms with E-state index in [1.807, 2.05) is 12.1 Å². The number of aromatic nitrogens is 1. The molecule has 0 aliphatic heterocycles. The molecule has 0 spiro atoms. The minimum Gasteiger partial charge on any atom is -0.497 e. The molecule has 0 radical (unpaired) electrons. The number of nitrogens with zero attached hydrogens (tertiary/aromatic N) is 2. The van der Waals surface area contributed by atoms with Crippen LogP contribution in [-0.2, 0) is 0 Å². The molecule has 1 aromatic heterocycles. The summed E-state index contributed by atoms with van der Waals surface area (Å²) in [7, 11) is 5.68. The molecular formula is C18H24N4O2. The van der Waals surface area contributed by atoms with Gasteiger partial charge in [-0.3, -0.25) is 4.79 Å². The highest BCUT2D eigenvalue weighted by atomic mass is 16.5. The van der Waals surface area contributed by atoms with E-state index in [1.54, 1.807) is 37.6 Å². The number of hydrogen-bond acceptors (Lipinski definition) is 5. The van der Waals surface area contributed by atoms with E-state index in [0.29, 0.717) is 17.0 Å². The largest absolute Gasteiger partial charge is 0.497 e. The van der Waals surface area contributed by atoms with Crippen LogP contribution in [0.3, 0.4) is 0 Å². The summed E-state index contributed by atoms with van der Waals surface area (Å²) in [4.78, 5) is 18.7. The molecule has 0 bridgehead atoms. The fourth-order valence-corrected chi connectivity index (χ4v) is 2.15. The van der Waals surface area contributed by atoms with Gasteiger partial charge in [-0.15, -0.1) is 0 Å². The lowest BCUT2D eigenvalue weighted by atomic mass is 10.2. The molecule has 0 saturated heterocycles. The third-order valence-corrected chi connectivity index (χ3v) is 3.44. The van der Waals surface area contributed by atoms with Crippen molar-refractivity contribution in [2.24, 2.45) is 0 Å². The summed E-state index contributed by atoms with van der Waals surface area (Å²) in [6.45, 7) is 1.89. The topological polar surface area (TPSA) is 66.5 Å². The Balaban J connectivity index is 1.87. The third kappa shape index (κ3) is 5.55. The van der Waals surface area contributed by atoms with Gasteiger partial charge in [0.1, 0.15) is 11.6 Å². The Hall–Kier alpha value is -2.60. The Morgan fingerprint density at radius 2 is 2.08 bits per heavy atom. The van der Waals surface area contributed by atoms with Crippen molar-refractivity contribution in [3.8, 4) is 5.75 Å². The van der Waals surface area contributed by atoms with E-state index < -0.39 is 0 Å². The number of methoxy groups -OCH3 is 1. The van der Waals surface area contributed by atoms with Crippen molar-refractivity contribution in [3.63, 3.8) is 0 Å². The number of pyridine rings is 1. The zero-order chi connectivity index (χ0) is 17.4. The molecule has 1 heterocycles. The van der Waals surface area contributed by atoms with Gasteiger partial charge in [-0.1, -0.05) is 6.07 Å². The number of anilines is 2. The van der Waals surface area contributed by atoms with Gasteiger partial charge in [-0.05, 0) is 57.4 Å². The summed E-state index contributed by atoms with van der Waals surface area (Å²) in [6.07, 6.45) is 2.69. The second kappa shape index (κ2) is 8.88. The van der Waals surface area contributed by atoms with Gasteiger partial charge < -0.3 is 20.3 Å². The summed E-state index contributed by atoms with van der Waals surface area (Å²) in [5.41, 5.74) is 1.20. The number of hydrogen-bond donors (Lipinski definition) is 2. The molecule has 0 unspecified atom stereocenters. The smallest absolute Gasteiger partial charge is 0.255 e. The maximum atomic E-state index is 12.2. The molecule has 2 rings (SSSR count). The van der Waals surface area contributed by atoms with Crippen molar-refractivity contribution in [2.45, 2.75) is 6.42 Å². The molecule has 6 nitrogen and oxygen atoms in total. The summed E-state index contributed by atoms with van der Waals surface area (Å²) in [5.74, 6) is 1.26. The quantitative estimate of drug-likeness (QED) is 0.729. The van der Waals surface area contributed by atoms with Crippen molar-refractivity contribution < 1.29 is 9.53 Å². The SMILES string of the molecule is COc1cccc(C(=O)Nc2ccc(NCCCN(C)C)nc2)c1. The number of nitrogens with one attached hydrogen (secondary N) is 2. The van der Waals surface area contributed by atoms with E-state index in [0.717, 1.165) is 25.3 Å². The molecule has 6 heteroatoms. The molecule has 0 fully saturated rings. The normalized spacial score (nSPS) is 10.5. The van der Waals surface area contributed by atoms with E-state index in [-0.39, 0.29) is 5.91 Å². The van der Waals surface area contributed by atoms with Gasteiger partial charge in [0.15, 0.2) is 0 Å². The molecule has 128 valence electrons. The predicted molar refractivity (Wildman–Crippen MR) is 96.8 cm³/mol. The Morgan fingerprint density at radius 1 is 1.25 bits per heavy atom. The predicted octanol–water partition coefficient (Wildman–Crippen LogP) is 2.71. The first-order valence-electron chi connectivity index (χ1n) is 7.88. The van der Waals surface area contributed by atoms with Crippen LogP contribution in [0.1, 0.15) is 16.8 Å². The first kappa shape index (κ1) is 17.7. The fourth-order valence-electron chi connectivity index (χ4n) is 2.15. The average molecular weight is 328 g/mol. The first-order chi connectivity index (χ1) is 11.6. The van der Waals surface area contributed by atoms with Crippen molar-refractivity contribution in [1.82, 2.24) is 9.88 Å². The summed E-state index contributed by atoms with van der Waals surface area (Å²) in [6, 6.07) is 10.7. The zero-order valence-electron chi connectivity index (χ0n) is 14.4. The Labute approximate surface area is 142 Å². The van der Waals surface area contributed by atoms with Crippen LogP contribution in [0.4, 0.5) is 11.5 Å².